The first-order valence-electron chi connectivity index (χ1n) is 10.9. The summed E-state index contributed by atoms with van der Waals surface area (Å²) < 4.78 is 12.4. The third kappa shape index (κ3) is 4.89. The number of rotatable bonds is 8. The highest BCUT2D eigenvalue weighted by molar-refractivity contribution is 5.83. The Labute approximate surface area is 201 Å². The number of benzene rings is 1. The van der Waals surface area contributed by atoms with E-state index in [0.717, 1.165) is 5.56 Å². The standard InChI is InChI=1S/C23H27N7O5/c1-4-34-14-7-5-13(6-8-14)9-15(24)22(33)28-17-16(10-31)35-23(19(17)32)30-12-27-18-20(29(2)3)25-11-26-21(18)30/h1,5-8,11-12,15-17,19,23,31-32H,9-10,24H2,2-3H3,(H,28,33)/t15-,16+,17+,19+,23+/m0/s1. The number of carbonyl (C=O) groups is 1. The quantitative estimate of drug-likeness (QED) is 0.299. The van der Waals surface area contributed by atoms with E-state index in [0.29, 0.717) is 22.7 Å². The van der Waals surface area contributed by atoms with Gasteiger partial charge in [0.25, 0.3) is 0 Å². The normalized spacial score (nSPS) is 22.5. The zero-order valence-corrected chi connectivity index (χ0v) is 19.3. The molecule has 1 aromatic carbocycles. The molecular weight excluding hydrogens is 454 g/mol. The molecule has 1 fully saturated rings. The molecule has 12 heteroatoms. The highest BCUT2D eigenvalue weighted by Gasteiger charge is 2.46. The predicted molar refractivity (Wildman–Crippen MR) is 126 cm³/mol. The number of hydrogen-bond acceptors (Lipinski definition) is 10. The van der Waals surface area contributed by atoms with Crippen LogP contribution >= 0.6 is 0 Å². The number of nitrogens with zero attached hydrogens (tertiary/aromatic N) is 5. The van der Waals surface area contributed by atoms with Crippen LogP contribution in [0.15, 0.2) is 36.9 Å². The second-order valence-electron chi connectivity index (χ2n) is 8.36. The maximum absolute atomic E-state index is 12.8. The van der Waals surface area contributed by atoms with Crippen LogP contribution in [0.3, 0.4) is 0 Å². The summed E-state index contributed by atoms with van der Waals surface area (Å²) in [5.41, 5.74) is 7.89. The van der Waals surface area contributed by atoms with Crippen molar-refractivity contribution in [1.82, 2.24) is 24.8 Å². The van der Waals surface area contributed by atoms with Crippen LogP contribution in [0, 0.1) is 12.5 Å². The fourth-order valence-corrected chi connectivity index (χ4v) is 4.04. The number of amides is 1. The molecule has 12 nitrogen and oxygen atoms in total. The van der Waals surface area contributed by atoms with Crippen molar-refractivity contribution in [3.8, 4) is 18.3 Å². The van der Waals surface area contributed by atoms with Crippen molar-refractivity contribution in [2.45, 2.75) is 36.9 Å². The maximum Gasteiger partial charge on any atom is 0.237 e. The number of ether oxygens (including phenoxy) is 2. The second-order valence-corrected chi connectivity index (χ2v) is 8.36. The maximum atomic E-state index is 12.8. The van der Waals surface area contributed by atoms with Gasteiger partial charge in [-0.05, 0) is 24.1 Å². The number of fused-ring (bicyclic) bond motifs is 1. The lowest BCUT2D eigenvalue weighted by atomic mass is 10.0. The van der Waals surface area contributed by atoms with Crippen molar-refractivity contribution in [3.63, 3.8) is 0 Å². The van der Waals surface area contributed by atoms with Crippen molar-refractivity contribution in [2.75, 3.05) is 25.6 Å². The van der Waals surface area contributed by atoms with Crippen LogP contribution in [0.1, 0.15) is 11.8 Å². The van der Waals surface area contributed by atoms with Gasteiger partial charge in [0.15, 0.2) is 23.2 Å². The molecule has 4 rings (SSSR count). The molecule has 0 radical (unpaired) electrons. The lowest BCUT2D eigenvalue weighted by molar-refractivity contribution is -0.124. The number of aliphatic hydroxyl groups is 2. The number of hydrogen-bond donors (Lipinski definition) is 4. The first kappa shape index (κ1) is 24.4. The Morgan fingerprint density at radius 1 is 1.34 bits per heavy atom. The first-order valence-corrected chi connectivity index (χ1v) is 10.9. The molecule has 1 amide bonds. The van der Waals surface area contributed by atoms with E-state index >= 15 is 0 Å². The van der Waals surface area contributed by atoms with Gasteiger partial charge in [0.2, 0.25) is 5.91 Å². The molecule has 1 aliphatic heterocycles. The highest BCUT2D eigenvalue weighted by atomic mass is 16.5. The average molecular weight is 482 g/mol. The molecule has 2 aromatic heterocycles. The minimum Gasteiger partial charge on any atom is -0.408 e. The molecule has 0 saturated carbocycles. The first-order chi connectivity index (χ1) is 16.8. The van der Waals surface area contributed by atoms with E-state index in [1.807, 2.05) is 14.1 Å². The molecule has 3 aromatic rings. The summed E-state index contributed by atoms with van der Waals surface area (Å²) >= 11 is 0. The van der Waals surface area contributed by atoms with Crippen LogP contribution < -0.4 is 20.7 Å². The summed E-state index contributed by atoms with van der Waals surface area (Å²) in [6.07, 6.45) is 7.33. The fraction of sp³-hybridized carbons (Fsp3) is 0.391. The fourth-order valence-electron chi connectivity index (χ4n) is 4.04. The SMILES string of the molecule is C#COc1ccc(C[C@H](N)C(=O)N[C@H]2[C@@H](O)[C@H](n3cnc4c(N(C)C)ncnc43)O[C@@H]2CO)cc1. The molecule has 5 N–H and O–H groups in total. The average Bonchev–Trinajstić information content (AvgIpc) is 3.41. The Bertz CT molecular complexity index is 1220. The number of nitrogens with one attached hydrogen (secondary N) is 1. The summed E-state index contributed by atoms with van der Waals surface area (Å²) in [5.74, 6) is 0.621. The molecule has 1 aliphatic rings. The lowest BCUT2D eigenvalue weighted by Crippen LogP contribution is -2.53. The molecule has 184 valence electrons. The molecule has 0 unspecified atom stereocenters. The van der Waals surface area contributed by atoms with Crippen molar-refractivity contribution in [1.29, 1.82) is 0 Å². The van der Waals surface area contributed by atoms with E-state index in [2.05, 4.69) is 26.4 Å². The van der Waals surface area contributed by atoms with Crippen LogP contribution in [0.5, 0.6) is 5.75 Å². The van der Waals surface area contributed by atoms with E-state index in [-0.39, 0.29) is 6.42 Å². The zero-order chi connectivity index (χ0) is 25.1. The largest absolute Gasteiger partial charge is 0.408 e. The molecule has 5 atom stereocenters. The summed E-state index contributed by atoms with van der Waals surface area (Å²) in [4.78, 5) is 27.5. The third-order valence-electron chi connectivity index (χ3n) is 5.79. The van der Waals surface area contributed by atoms with Gasteiger partial charge in [-0.25, -0.2) is 15.0 Å². The van der Waals surface area contributed by atoms with Gasteiger partial charge in [0.05, 0.1) is 25.0 Å². The number of nitrogens with two attached hydrogens (primary N) is 1. The van der Waals surface area contributed by atoms with Crippen LogP contribution in [-0.2, 0) is 16.0 Å². The smallest absolute Gasteiger partial charge is 0.237 e. The number of carbonyl (C=O) groups excluding carboxylic acids is 1. The molecular formula is C23H27N7O5. The van der Waals surface area contributed by atoms with Gasteiger partial charge in [-0.2, -0.15) is 0 Å². The Balaban J connectivity index is 1.48. The molecule has 0 bridgehead atoms. The topological polar surface area (TPSA) is 161 Å². The number of aromatic nitrogens is 4. The summed E-state index contributed by atoms with van der Waals surface area (Å²) in [7, 11) is 3.66. The molecule has 0 spiro atoms. The monoisotopic (exact) mass is 481 g/mol. The van der Waals surface area contributed by atoms with E-state index in [1.165, 1.54) is 12.7 Å². The summed E-state index contributed by atoms with van der Waals surface area (Å²) in [5, 5.41) is 23.6. The van der Waals surface area contributed by atoms with Crippen molar-refractivity contribution < 1.29 is 24.5 Å². The van der Waals surface area contributed by atoms with Gasteiger partial charge in [0.1, 0.15) is 30.4 Å². The summed E-state index contributed by atoms with van der Waals surface area (Å²) in [6, 6.07) is 5.08. The van der Waals surface area contributed by atoms with Gasteiger partial charge in [-0.3, -0.25) is 9.36 Å². The van der Waals surface area contributed by atoms with E-state index < -0.39 is 43.0 Å². The minimum absolute atomic E-state index is 0.245. The minimum atomic E-state index is -1.20. The van der Waals surface area contributed by atoms with Gasteiger partial charge in [0, 0.05) is 14.1 Å². The zero-order valence-electron chi connectivity index (χ0n) is 19.3. The number of imidazole rings is 1. The molecule has 0 aliphatic carbocycles. The Morgan fingerprint density at radius 3 is 2.74 bits per heavy atom. The van der Waals surface area contributed by atoms with Gasteiger partial charge >= 0.3 is 0 Å². The van der Waals surface area contributed by atoms with E-state index in [9.17, 15) is 15.0 Å². The number of anilines is 1. The third-order valence-corrected chi connectivity index (χ3v) is 5.79. The van der Waals surface area contributed by atoms with Crippen LogP contribution in [0.2, 0.25) is 0 Å². The number of aliphatic hydroxyl groups excluding tert-OH is 2. The van der Waals surface area contributed by atoms with Crippen LogP contribution in [0.25, 0.3) is 11.2 Å². The van der Waals surface area contributed by atoms with Gasteiger partial charge < -0.3 is 35.6 Å². The van der Waals surface area contributed by atoms with Crippen LogP contribution in [-0.4, -0.2) is 80.6 Å². The van der Waals surface area contributed by atoms with Gasteiger partial charge in [-0.1, -0.05) is 18.6 Å². The molecule has 1 saturated heterocycles. The highest BCUT2D eigenvalue weighted by Crippen LogP contribution is 2.32. The lowest BCUT2D eigenvalue weighted by Gasteiger charge is -2.23. The Kier molecular flexibility index (Phi) is 7.13. The predicted octanol–water partition coefficient (Wildman–Crippen LogP) is -0.833. The molecule has 35 heavy (non-hydrogen) atoms. The van der Waals surface area contributed by atoms with Gasteiger partial charge in [-0.15, -0.1) is 0 Å². The van der Waals surface area contributed by atoms with Crippen molar-refractivity contribution in [3.05, 3.63) is 42.5 Å². The number of terminal acetylenes is 1. The van der Waals surface area contributed by atoms with Crippen molar-refractivity contribution >= 4 is 22.9 Å². The summed E-state index contributed by atoms with van der Waals surface area (Å²) in [6.45, 7) is -0.422. The second kappa shape index (κ2) is 10.2. The van der Waals surface area contributed by atoms with Crippen molar-refractivity contribution in [2.24, 2.45) is 5.73 Å². The Hall–Kier alpha value is -3.76. The van der Waals surface area contributed by atoms with E-state index in [4.69, 9.17) is 21.6 Å². The van der Waals surface area contributed by atoms with Crippen LogP contribution in [0.4, 0.5) is 5.82 Å². The Morgan fingerprint density at radius 2 is 2.09 bits per heavy atom. The molecule has 3 heterocycles. The van der Waals surface area contributed by atoms with E-state index in [1.54, 1.807) is 33.7 Å².